The maximum atomic E-state index is 9.35. The van der Waals surface area contributed by atoms with Gasteiger partial charge in [0.1, 0.15) is 0 Å². The second-order valence-corrected chi connectivity index (χ2v) is 4.86. The van der Waals surface area contributed by atoms with Gasteiger partial charge in [0.05, 0.1) is 6.10 Å². The Balaban J connectivity index is 2.50. The third-order valence-electron chi connectivity index (χ3n) is 3.22. The first-order valence-electron chi connectivity index (χ1n) is 5.42. The summed E-state index contributed by atoms with van der Waals surface area (Å²) in [6, 6.07) is 0.630. The number of aliphatic hydroxyl groups is 1. The van der Waals surface area contributed by atoms with Gasteiger partial charge >= 0.3 is 0 Å². The van der Waals surface area contributed by atoms with E-state index in [1.165, 1.54) is 6.42 Å². The van der Waals surface area contributed by atoms with E-state index in [0.717, 1.165) is 24.9 Å². The first kappa shape index (κ1) is 11.0. The molecule has 0 aromatic rings. The van der Waals surface area contributed by atoms with Gasteiger partial charge in [-0.3, -0.25) is 4.90 Å². The molecule has 0 spiro atoms. The van der Waals surface area contributed by atoms with Crippen LogP contribution in [-0.4, -0.2) is 35.2 Å². The third kappa shape index (κ3) is 2.96. The zero-order valence-electron chi connectivity index (χ0n) is 9.33. The molecule has 13 heavy (non-hydrogen) atoms. The van der Waals surface area contributed by atoms with Crippen LogP contribution in [0.3, 0.4) is 0 Å². The van der Waals surface area contributed by atoms with Crippen molar-refractivity contribution in [1.29, 1.82) is 0 Å². The molecule has 0 aliphatic carbocycles. The SMILES string of the molecule is CC1CC(C)C(C)N(C[C@H](C)O)C1. The van der Waals surface area contributed by atoms with Gasteiger partial charge in [0.15, 0.2) is 0 Å². The van der Waals surface area contributed by atoms with Gasteiger partial charge in [-0.25, -0.2) is 0 Å². The van der Waals surface area contributed by atoms with Crippen molar-refractivity contribution in [2.75, 3.05) is 13.1 Å². The molecule has 2 nitrogen and oxygen atoms in total. The molecule has 78 valence electrons. The highest BCUT2D eigenvalue weighted by Crippen LogP contribution is 2.26. The summed E-state index contributed by atoms with van der Waals surface area (Å²) >= 11 is 0. The van der Waals surface area contributed by atoms with E-state index in [2.05, 4.69) is 25.7 Å². The average Bonchev–Trinajstić information content (AvgIpc) is 1.98. The summed E-state index contributed by atoms with van der Waals surface area (Å²) in [4.78, 5) is 2.42. The fourth-order valence-corrected chi connectivity index (χ4v) is 2.41. The molecule has 0 aromatic carbocycles. The smallest absolute Gasteiger partial charge is 0.0639 e. The zero-order valence-corrected chi connectivity index (χ0v) is 9.33. The number of rotatable bonds is 2. The molecule has 1 heterocycles. The minimum atomic E-state index is -0.194. The molecule has 0 amide bonds. The van der Waals surface area contributed by atoms with Crippen molar-refractivity contribution in [3.63, 3.8) is 0 Å². The predicted molar refractivity (Wildman–Crippen MR) is 55.7 cm³/mol. The summed E-state index contributed by atoms with van der Waals surface area (Å²) in [5.41, 5.74) is 0. The normalized spacial score (nSPS) is 39.0. The number of β-amino-alcohol motifs (C(OH)–C–C–N with tert-alkyl or cyclic N) is 1. The van der Waals surface area contributed by atoms with Crippen molar-refractivity contribution in [2.45, 2.75) is 46.3 Å². The van der Waals surface area contributed by atoms with Gasteiger partial charge < -0.3 is 5.11 Å². The van der Waals surface area contributed by atoms with Crippen LogP contribution in [0.1, 0.15) is 34.1 Å². The summed E-state index contributed by atoms with van der Waals surface area (Å²) in [5, 5.41) is 9.35. The highest BCUT2D eigenvalue weighted by Gasteiger charge is 2.28. The van der Waals surface area contributed by atoms with Crippen LogP contribution < -0.4 is 0 Å². The van der Waals surface area contributed by atoms with E-state index in [9.17, 15) is 5.11 Å². The van der Waals surface area contributed by atoms with Gasteiger partial charge in [-0.1, -0.05) is 13.8 Å². The van der Waals surface area contributed by atoms with Crippen molar-refractivity contribution in [3.8, 4) is 0 Å². The van der Waals surface area contributed by atoms with E-state index in [4.69, 9.17) is 0 Å². The molecular weight excluding hydrogens is 162 g/mol. The monoisotopic (exact) mass is 185 g/mol. The van der Waals surface area contributed by atoms with Crippen LogP contribution >= 0.6 is 0 Å². The fourth-order valence-electron chi connectivity index (χ4n) is 2.41. The summed E-state index contributed by atoms with van der Waals surface area (Å²) < 4.78 is 0. The molecule has 1 N–H and O–H groups in total. The highest BCUT2D eigenvalue weighted by atomic mass is 16.3. The summed E-state index contributed by atoms with van der Waals surface area (Å²) in [5.74, 6) is 1.55. The molecule has 0 bridgehead atoms. The molecule has 0 saturated carbocycles. The lowest BCUT2D eigenvalue weighted by Crippen LogP contribution is -2.48. The Morgan fingerprint density at radius 3 is 2.54 bits per heavy atom. The maximum absolute atomic E-state index is 9.35. The van der Waals surface area contributed by atoms with Crippen LogP contribution in [0, 0.1) is 11.8 Å². The largest absolute Gasteiger partial charge is 0.392 e. The first-order valence-corrected chi connectivity index (χ1v) is 5.42. The van der Waals surface area contributed by atoms with E-state index < -0.39 is 0 Å². The number of hydrogen-bond donors (Lipinski definition) is 1. The van der Waals surface area contributed by atoms with Crippen LogP contribution in [0.15, 0.2) is 0 Å². The Bertz CT molecular complexity index is 156. The van der Waals surface area contributed by atoms with Crippen LogP contribution in [0.4, 0.5) is 0 Å². The van der Waals surface area contributed by atoms with E-state index in [1.807, 2.05) is 6.92 Å². The lowest BCUT2D eigenvalue weighted by molar-refractivity contribution is 0.0381. The molecule has 4 atom stereocenters. The van der Waals surface area contributed by atoms with Crippen molar-refractivity contribution >= 4 is 0 Å². The van der Waals surface area contributed by atoms with E-state index in [1.54, 1.807) is 0 Å². The molecule has 1 fully saturated rings. The standard InChI is InChI=1S/C11H23NO/c1-8-5-9(2)11(4)12(6-8)7-10(3)13/h8-11,13H,5-7H2,1-4H3/t8?,9?,10-,11?/m0/s1. The molecule has 1 rings (SSSR count). The Morgan fingerprint density at radius 1 is 1.38 bits per heavy atom. The van der Waals surface area contributed by atoms with Crippen molar-refractivity contribution in [1.82, 2.24) is 4.90 Å². The fraction of sp³-hybridized carbons (Fsp3) is 1.00. The number of piperidine rings is 1. The molecule has 1 aliphatic rings. The second kappa shape index (κ2) is 4.43. The summed E-state index contributed by atoms with van der Waals surface area (Å²) in [6.07, 6.45) is 1.14. The Kier molecular flexibility index (Phi) is 3.74. The number of hydrogen-bond acceptors (Lipinski definition) is 2. The number of likely N-dealkylation sites (tertiary alicyclic amines) is 1. The van der Waals surface area contributed by atoms with Crippen molar-refractivity contribution < 1.29 is 5.11 Å². The molecule has 2 heteroatoms. The van der Waals surface area contributed by atoms with Gasteiger partial charge in [-0.15, -0.1) is 0 Å². The van der Waals surface area contributed by atoms with Crippen LogP contribution in [-0.2, 0) is 0 Å². The van der Waals surface area contributed by atoms with Gasteiger partial charge in [-0.2, -0.15) is 0 Å². The van der Waals surface area contributed by atoms with E-state index in [0.29, 0.717) is 6.04 Å². The Morgan fingerprint density at radius 2 is 2.00 bits per heavy atom. The molecular formula is C11H23NO. The lowest BCUT2D eigenvalue weighted by atomic mass is 9.86. The number of nitrogens with zero attached hydrogens (tertiary/aromatic N) is 1. The first-order chi connectivity index (χ1) is 6.00. The highest BCUT2D eigenvalue weighted by molar-refractivity contribution is 4.82. The Labute approximate surface area is 81.9 Å². The maximum Gasteiger partial charge on any atom is 0.0639 e. The lowest BCUT2D eigenvalue weighted by Gasteiger charge is -2.41. The number of aliphatic hydroxyl groups excluding tert-OH is 1. The minimum absolute atomic E-state index is 0.194. The van der Waals surface area contributed by atoms with Crippen LogP contribution in [0.25, 0.3) is 0 Å². The molecule has 1 saturated heterocycles. The van der Waals surface area contributed by atoms with Gasteiger partial charge in [0.25, 0.3) is 0 Å². The summed E-state index contributed by atoms with van der Waals surface area (Å²) in [6.45, 7) is 10.7. The zero-order chi connectivity index (χ0) is 10.0. The van der Waals surface area contributed by atoms with E-state index >= 15 is 0 Å². The minimum Gasteiger partial charge on any atom is -0.392 e. The summed E-state index contributed by atoms with van der Waals surface area (Å²) in [7, 11) is 0. The Hall–Kier alpha value is -0.0800. The van der Waals surface area contributed by atoms with Crippen LogP contribution in [0.5, 0.6) is 0 Å². The van der Waals surface area contributed by atoms with Gasteiger partial charge in [-0.05, 0) is 32.1 Å². The van der Waals surface area contributed by atoms with Gasteiger partial charge in [0.2, 0.25) is 0 Å². The molecule has 0 aromatic heterocycles. The van der Waals surface area contributed by atoms with E-state index in [-0.39, 0.29) is 6.10 Å². The third-order valence-corrected chi connectivity index (χ3v) is 3.22. The predicted octanol–water partition coefficient (Wildman–Crippen LogP) is 1.73. The van der Waals surface area contributed by atoms with Crippen molar-refractivity contribution in [3.05, 3.63) is 0 Å². The average molecular weight is 185 g/mol. The van der Waals surface area contributed by atoms with Gasteiger partial charge in [0, 0.05) is 19.1 Å². The molecule has 0 radical (unpaired) electrons. The van der Waals surface area contributed by atoms with Crippen molar-refractivity contribution in [2.24, 2.45) is 11.8 Å². The topological polar surface area (TPSA) is 23.5 Å². The quantitative estimate of drug-likeness (QED) is 0.708. The molecule has 1 aliphatic heterocycles. The molecule has 3 unspecified atom stereocenters. The van der Waals surface area contributed by atoms with Crippen LogP contribution in [0.2, 0.25) is 0 Å². The second-order valence-electron chi connectivity index (χ2n) is 4.86.